The zero-order valence-corrected chi connectivity index (χ0v) is 13.0. The summed E-state index contributed by atoms with van der Waals surface area (Å²) in [5.74, 6) is -0.210. The molecule has 0 aliphatic heterocycles. The van der Waals surface area contributed by atoms with E-state index in [1.165, 1.54) is 5.56 Å². The zero-order chi connectivity index (χ0) is 15.8. The largest absolute Gasteiger partial charge is 0.376 e. The van der Waals surface area contributed by atoms with Crippen molar-refractivity contribution in [2.75, 3.05) is 17.2 Å². The van der Waals surface area contributed by atoms with Crippen molar-refractivity contribution in [1.29, 1.82) is 0 Å². The van der Waals surface area contributed by atoms with Gasteiger partial charge in [0.25, 0.3) is 5.91 Å². The van der Waals surface area contributed by atoms with Crippen molar-refractivity contribution in [2.24, 2.45) is 0 Å². The first-order valence-corrected chi connectivity index (χ1v) is 7.26. The van der Waals surface area contributed by atoms with E-state index in [9.17, 15) is 4.79 Å². The van der Waals surface area contributed by atoms with Gasteiger partial charge < -0.3 is 10.6 Å². The summed E-state index contributed by atoms with van der Waals surface area (Å²) in [6.45, 7) is 2.17. The lowest BCUT2D eigenvalue weighted by Crippen LogP contribution is -2.45. The molecular weight excluding hydrogens is 296 g/mol. The van der Waals surface area contributed by atoms with Gasteiger partial charge in [0.2, 0.25) is 0 Å². The van der Waals surface area contributed by atoms with E-state index in [1.807, 2.05) is 61.5 Å². The fourth-order valence-electron chi connectivity index (χ4n) is 1.71. The normalized spacial score (nSPS) is 9.68. The molecule has 22 heavy (non-hydrogen) atoms. The Labute approximate surface area is 135 Å². The van der Waals surface area contributed by atoms with Crippen LogP contribution in [0, 0.1) is 6.92 Å². The van der Waals surface area contributed by atoms with Crippen molar-refractivity contribution in [1.82, 2.24) is 10.9 Å². The number of hydrazine groups is 1. The maximum atomic E-state index is 11.7. The number of carbonyl (C=O) groups excluding carboxylic acids is 1. The molecule has 0 atom stereocenters. The fourth-order valence-corrected chi connectivity index (χ4v) is 1.88. The van der Waals surface area contributed by atoms with E-state index in [0.717, 1.165) is 11.4 Å². The zero-order valence-electron chi connectivity index (χ0n) is 12.2. The van der Waals surface area contributed by atoms with Gasteiger partial charge in [0, 0.05) is 11.4 Å². The lowest BCUT2D eigenvalue weighted by molar-refractivity contribution is -0.119. The second-order valence-corrected chi connectivity index (χ2v) is 5.12. The van der Waals surface area contributed by atoms with Gasteiger partial charge in [0.1, 0.15) is 0 Å². The van der Waals surface area contributed by atoms with Crippen LogP contribution in [0.15, 0.2) is 54.6 Å². The van der Waals surface area contributed by atoms with E-state index < -0.39 is 0 Å². The van der Waals surface area contributed by atoms with Crippen LogP contribution in [-0.4, -0.2) is 17.6 Å². The monoisotopic (exact) mass is 314 g/mol. The number of amides is 1. The molecule has 2 aromatic rings. The van der Waals surface area contributed by atoms with Crippen LogP contribution in [-0.2, 0) is 4.79 Å². The molecule has 0 aliphatic rings. The Morgan fingerprint density at radius 1 is 0.955 bits per heavy atom. The standard InChI is InChI=1S/C16H18N4OS/c1-12-7-9-13(10-8-12)17-11-15(21)19-20-16(22)18-14-5-3-2-4-6-14/h2-10,17H,11H2,1H3,(H,19,21)(H2,18,20,22). The van der Waals surface area contributed by atoms with E-state index in [0.29, 0.717) is 5.11 Å². The first-order chi connectivity index (χ1) is 10.6. The first kappa shape index (κ1) is 15.8. The minimum atomic E-state index is -0.210. The third-order valence-corrected chi connectivity index (χ3v) is 3.06. The Kier molecular flexibility index (Phi) is 5.73. The number of hydrogen-bond donors (Lipinski definition) is 4. The first-order valence-electron chi connectivity index (χ1n) is 6.85. The number of carbonyl (C=O) groups is 1. The highest BCUT2D eigenvalue weighted by atomic mass is 32.1. The molecule has 4 N–H and O–H groups in total. The van der Waals surface area contributed by atoms with Crippen LogP contribution >= 0.6 is 12.2 Å². The number of nitrogens with one attached hydrogen (secondary N) is 4. The molecule has 2 rings (SSSR count). The average molecular weight is 314 g/mol. The molecular formula is C16H18N4OS. The highest BCUT2D eigenvalue weighted by Crippen LogP contribution is 2.07. The van der Waals surface area contributed by atoms with Crippen LogP contribution in [0.4, 0.5) is 11.4 Å². The molecule has 1 amide bonds. The second-order valence-electron chi connectivity index (χ2n) is 4.71. The fraction of sp³-hybridized carbons (Fsp3) is 0.125. The Balaban J connectivity index is 1.69. The van der Waals surface area contributed by atoms with Gasteiger partial charge in [-0.3, -0.25) is 15.6 Å². The molecule has 0 aromatic heterocycles. The van der Waals surface area contributed by atoms with Crippen LogP contribution in [0.25, 0.3) is 0 Å². The van der Waals surface area contributed by atoms with Crippen LogP contribution in [0.2, 0.25) is 0 Å². The summed E-state index contributed by atoms with van der Waals surface area (Å²) in [7, 11) is 0. The summed E-state index contributed by atoms with van der Waals surface area (Å²) in [4.78, 5) is 11.7. The average Bonchev–Trinajstić information content (AvgIpc) is 2.53. The van der Waals surface area contributed by atoms with E-state index >= 15 is 0 Å². The predicted molar refractivity (Wildman–Crippen MR) is 93.6 cm³/mol. The summed E-state index contributed by atoms with van der Waals surface area (Å²) in [5, 5.41) is 6.32. The highest BCUT2D eigenvalue weighted by Gasteiger charge is 2.02. The van der Waals surface area contributed by atoms with Crippen molar-refractivity contribution in [3.63, 3.8) is 0 Å². The molecule has 114 valence electrons. The Hall–Kier alpha value is -2.60. The summed E-state index contributed by atoms with van der Waals surface area (Å²) >= 11 is 5.09. The number of anilines is 2. The lowest BCUT2D eigenvalue weighted by Gasteiger charge is -2.12. The molecule has 2 aromatic carbocycles. The quantitative estimate of drug-likeness (QED) is 0.516. The third-order valence-electron chi connectivity index (χ3n) is 2.85. The number of benzene rings is 2. The molecule has 6 heteroatoms. The van der Waals surface area contributed by atoms with Gasteiger partial charge in [-0.05, 0) is 43.4 Å². The van der Waals surface area contributed by atoms with Gasteiger partial charge in [-0.25, -0.2) is 0 Å². The van der Waals surface area contributed by atoms with Crippen molar-refractivity contribution in [3.05, 3.63) is 60.2 Å². The number of thiocarbonyl (C=S) groups is 1. The SMILES string of the molecule is Cc1ccc(NCC(=O)NNC(=S)Nc2ccccc2)cc1. The van der Waals surface area contributed by atoms with Crippen molar-refractivity contribution in [2.45, 2.75) is 6.92 Å². The maximum Gasteiger partial charge on any atom is 0.257 e. The van der Waals surface area contributed by atoms with Gasteiger partial charge in [0.05, 0.1) is 6.54 Å². The third kappa shape index (κ3) is 5.41. The number of para-hydroxylation sites is 1. The molecule has 0 radical (unpaired) electrons. The summed E-state index contributed by atoms with van der Waals surface area (Å²) in [6, 6.07) is 17.3. The van der Waals surface area contributed by atoms with E-state index in [1.54, 1.807) is 0 Å². The van der Waals surface area contributed by atoms with Crippen molar-refractivity contribution >= 4 is 34.6 Å². The summed E-state index contributed by atoms with van der Waals surface area (Å²) in [5.41, 5.74) is 8.11. The molecule has 0 aliphatic carbocycles. The van der Waals surface area contributed by atoms with Gasteiger partial charge in [-0.2, -0.15) is 0 Å². The topological polar surface area (TPSA) is 65.2 Å². The minimum absolute atomic E-state index is 0.157. The van der Waals surface area contributed by atoms with Crippen LogP contribution in [0.1, 0.15) is 5.56 Å². The van der Waals surface area contributed by atoms with Crippen LogP contribution < -0.4 is 21.5 Å². The van der Waals surface area contributed by atoms with Gasteiger partial charge in [-0.15, -0.1) is 0 Å². The van der Waals surface area contributed by atoms with Gasteiger partial charge in [-0.1, -0.05) is 35.9 Å². The Morgan fingerprint density at radius 3 is 2.32 bits per heavy atom. The number of rotatable bonds is 4. The van der Waals surface area contributed by atoms with Crippen molar-refractivity contribution in [3.8, 4) is 0 Å². The van der Waals surface area contributed by atoms with Gasteiger partial charge in [0.15, 0.2) is 5.11 Å². The number of aryl methyl sites for hydroxylation is 1. The Bertz CT molecular complexity index is 628. The maximum absolute atomic E-state index is 11.7. The molecule has 0 spiro atoms. The molecule has 0 bridgehead atoms. The number of hydrogen-bond acceptors (Lipinski definition) is 3. The van der Waals surface area contributed by atoms with E-state index in [2.05, 4.69) is 21.5 Å². The smallest absolute Gasteiger partial charge is 0.257 e. The predicted octanol–water partition coefficient (Wildman–Crippen LogP) is 2.42. The molecule has 0 heterocycles. The molecule has 0 saturated heterocycles. The molecule has 0 unspecified atom stereocenters. The molecule has 0 fully saturated rings. The molecule has 5 nitrogen and oxygen atoms in total. The highest BCUT2D eigenvalue weighted by molar-refractivity contribution is 7.80. The second kappa shape index (κ2) is 7.99. The van der Waals surface area contributed by atoms with Crippen LogP contribution in [0.5, 0.6) is 0 Å². The van der Waals surface area contributed by atoms with E-state index in [-0.39, 0.29) is 12.5 Å². The van der Waals surface area contributed by atoms with Crippen molar-refractivity contribution < 1.29 is 4.79 Å². The molecule has 0 saturated carbocycles. The van der Waals surface area contributed by atoms with Crippen LogP contribution in [0.3, 0.4) is 0 Å². The summed E-state index contributed by atoms with van der Waals surface area (Å²) < 4.78 is 0. The summed E-state index contributed by atoms with van der Waals surface area (Å²) in [6.07, 6.45) is 0. The Morgan fingerprint density at radius 2 is 1.64 bits per heavy atom. The minimum Gasteiger partial charge on any atom is -0.376 e. The van der Waals surface area contributed by atoms with Gasteiger partial charge >= 0.3 is 0 Å². The lowest BCUT2D eigenvalue weighted by atomic mass is 10.2. The van der Waals surface area contributed by atoms with E-state index in [4.69, 9.17) is 12.2 Å².